The van der Waals surface area contributed by atoms with Gasteiger partial charge in [-0.3, -0.25) is 4.99 Å². The number of anilines is 2. The second-order valence-corrected chi connectivity index (χ2v) is 5.54. The highest BCUT2D eigenvalue weighted by Gasteiger charge is 2.09. The van der Waals surface area contributed by atoms with Crippen LogP contribution in [-0.4, -0.2) is 22.5 Å². The number of nitrogens with zero attached hydrogens (tertiary/aromatic N) is 3. The van der Waals surface area contributed by atoms with Gasteiger partial charge in [-0.1, -0.05) is 19.4 Å². The zero-order valence-electron chi connectivity index (χ0n) is 12.3. The van der Waals surface area contributed by atoms with Gasteiger partial charge >= 0.3 is 0 Å². The molecule has 21 heavy (non-hydrogen) atoms. The summed E-state index contributed by atoms with van der Waals surface area (Å²) in [4.78, 5) is 13.0. The summed E-state index contributed by atoms with van der Waals surface area (Å²) in [5.74, 6) is 0.875. The minimum atomic E-state index is 0.390. The molecule has 2 aromatic rings. The van der Waals surface area contributed by atoms with Crippen molar-refractivity contribution in [2.24, 2.45) is 10.7 Å². The summed E-state index contributed by atoms with van der Waals surface area (Å²) in [6.07, 6.45) is 2.12. The number of unbranched alkanes of at least 4 members (excludes halogenated alkanes) is 1. The molecule has 0 aliphatic heterocycles. The Hall–Kier alpha value is -2.15. The number of hydrogen-bond donors (Lipinski definition) is 3. The van der Waals surface area contributed by atoms with Gasteiger partial charge in [0.05, 0.1) is 5.69 Å². The van der Waals surface area contributed by atoms with E-state index in [-0.39, 0.29) is 0 Å². The van der Waals surface area contributed by atoms with Crippen molar-refractivity contribution < 1.29 is 0 Å². The van der Waals surface area contributed by atoms with Gasteiger partial charge in [-0.25, -0.2) is 9.97 Å². The number of pyridine rings is 1. The smallest absolute Gasteiger partial charge is 0.194 e. The number of aliphatic imine (C=N–C) groups is 1. The van der Waals surface area contributed by atoms with Crippen LogP contribution < -0.4 is 16.8 Å². The third-order valence-electron chi connectivity index (χ3n) is 2.89. The fourth-order valence-electron chi connectivity index (χ4n) is 1.75. The molecule has 2 rings (SSSR count). The molecule has 7 heteroatoms. The zero-order valence-corrected chi connectivity index (χ0v) is 13.1. The van der Waals surface area contributed by atoms with Crippen LogP contribution in [0.4, 0.5) is 10.9 Å². The van der Waals surface area contributed by atoms with Gasteiger partial charge in [0.15, 0.2) is 11.1 Å². The number of nitrogens with two attached hydrogens (primary N) is 2. The molecule has 112 valence electrons. The first kappa shape index (κ1) is 15.2. The lowest BCUT2D eigenvalue weighted by Crippen LogP contribution is -2.22. The van der Waals surface area contributed by atoms with Crippen molar-refractivity contribution in [3.63, 3.8) is 0 Å². The summed E-state index contributed by atoms with van der Waals surface area (Å²) in [5.41, 5.74) is 14.2. The summed E-state index contributed by atoms with van der Waals surface area (Å²) in [6, 6.07) is 3.72. The van der Waals surface area contributed by atoms with Crippen LogP contribution in [0.3, 0.4) is 0 Å². The molecule has 0 saturated heterocycles. The average molecular weight is 304 g/mol. The normalized spacial score (nSPS) is 11.6. The minimum absolute atomic E-state index is 0.390. The Morgan fingerprint density at radius 1 is 1.38 bits per heavy atom. The van der Waals surface area contributed by atoms with Crippen LogP contribution in [0.15, 0.2) is 22.5 Å². The number of nitrogen functional groups attached to an aromatic ring is 1. The Balaban J connectivity index is 2.11. The highest BCUT2D eigenvalue weighted by molar-refractivity contribution is 7.14. The number of guanidine groups is 1. The Kier molecular flexibility index (Phi) is 5.10. The van der Waals surface area contributed by atoms with Crippen molar-refractivity contribution in [3.05, 3.63) is 23.1 Å². The van der Waals surface area contributed by atoms with Crippen LogP contribution in [0.25, 0.3) is 11.4 Å². The first-order valence-corrected chi connectivity index (χ1v) is 7.74. The molecule has 0 saturated carbocycles. The molecule has 0 fully saturated rings. The molecule has 0 aliphatic carbocycles. The van der Waals surface area contributed by atoms with Crippen LogP contribution in [0.2, 0.25) is 0 Å². The standard InChI is InChI=1S/C14H20N6S/c1-3-4-7-17-13(16)20-14-18-10(8-21-14)12-9(2)5-6-11(15)19-12/h5-6,8H,3-4,7H2,1-2H3,(H2,15,19)(H3,16,17,18,20). The quantitative estimate of drug-likeness (QED) is 0.447. The van der Waals surface area contributed by atoms with E-state index in [1.165, 1.54) is 11.3 Å². The first-order chi connectivity index (χ1) is 10.1. The minimum Gasteiger partial charge on any atom is -0.384 e. The second kappa shape index (κ2) is 7.03. The SMILES string of the molecule is CCCCN=C(N)Nc1nc(-c2nc(N)ccc2C)cs1. The lowest BCUT2D eigenvalue weighted by atomic mass is 10.2. The van der Waals surface area contributed by atoms with E-state index in [9.17, 15) is 0 Å². The number of aryl methyl sites for hydroxylation is 1. The van der Waals surface area contributed by atoms with Gasteiger partial charge in [-0.2, -0.15) is 0 Å². The van der Waals surface area contributed by atoms with Crippen molar-refractivity contribution in [1.29, 1.82) is 0 Å². The van der Waals surface area contributed by atoms with Crippen molar-refractivity contribution in [3.8, 4) is 11.4 Å². The zero-order chi connectivity index (χ0) is 15.2. The molecule has 0 aromatic carbocycles. The van der Waals surface area contributed by atoms with Gasteiger partial charge in [0.1, 0.15) is 11.5 Å². The number of thiazole rings is 1. The number of aromatic nitrogens is 2. The average Bonchev–Trinajstić information content (AvgIpc) is 2.90. The van der Waals surface area contributed by atoms with Gasteiger partial charge in [0.2, 0.25) is 0 Å². The van der Waals surface area contributed by atoms with Crippen LogP contribution in [0.5, 0.6) is 0 Å². The van der Waals surface area contributed by atoms with E-state index < -0.39 is 0 Å². The predicted molar refractivity (Wildman–Crippen MR) is 89.5 cm³/mol. The van der Waals surface area contributed by atoms with Crippen LogP contribution in [0.1, 0.15) is 25.3 Å². The van der Waals surface area contributed by atoms with Gasteiger partial charge in [-0.05, 0) is 25.0 Å². The summed E-state index contributed by atoms with van der Waals surface area (Å²) < 4.78 is 0. The molecule has 6 nitrogen and oxygen atoms in total. The summed E-state index contributed by atoms with van der Waals surface area (Å²) in [7, 11) is 0. The van der Waals surface area contributed by atoms with Gasteiger partial charge < -0.3 is 16.8 Å². The second-order valence-electron chi connectivity index (χ2n) is 4.69. The van der Waals surface area contributed by atoms with E-state index in [4.69, 9.17) is 11.5 Å². The molecule has 0 bridgehead atoms. The Labute approximate surface area is 128 Å². The molecule has 0 unspecified atom stereocenters. The molecule has 0 aliphatic rings. The highest BCUT2D eigenvalue weighted by atomic mass is 32.1. The third kappa shape index (κ3) is 4.16. The Bertz CT molecular complexity index is 634. The maximum atomic E-state index is 5.82. The molecule has 0 amide bonds. The third-order valence-corrected chi connectivity index (χ3v) is 3.65. The van der Waals surface area contributed by atoms with E-state index in [0.29, 0.717) is 16.9 Å². The molecule has 0 atom stereocenters. The number of rotatable bonds is 5. The van der Waals surface area contributed by atoms with Crippen LogP contribution in [0, 0.1) is 6.92 Å². The van der Waals surface area contributed by atoms with Crippen molar-refractivity contribution >= 4 is 28.2 Å². The van der Waals surface area contributed by atoms with Crippen molar-refractivity contribution in [2.75, 3.05) is 17.6 Å². The lowest BCUT2D eigenvalue weighted by molar-refractivity contribution is 0.807. The molecule has 2 aromatic heterocycles. The fourth-order valence-corrected chi connectivity index (χ4v) is 2.45. The largest absolute Gasteiger partial charge is 0.384 e. The van der Waals surface area contributed by atoms with Gasteiger partial charge in [-0.15, -0.1) is 11.3 Å². The van der Waals surface area contributed by atoms with Crippen molar-refractivity contribution in [2.45, 2.75) is 26.7 Å². The highest BCUT2D eigenvalue weighted by Crippen LogP contribution is 2.26. The molecule has 0 spiro atoms. The van der Waals surface area contributed by atoms with Gasteiger partial charge in [0.25, 0.3) is 0 Å². The first-order valence-electron chi connectivity index (χ1n) is 6.86. The molecule has 5 N–H and O–H groups in total. The monoisotopic (exact) mass is 304 g/mol. The Morgan fingerprint density at radius 3 is 2.95 bits per heavy atom. The molecular weight excluding hydrogens is 284 g/mol. The topological polar surface area (TPSA) is 102 Å². The van der Waals surface area contributed by atoms with Gasteiger partial charge in [0, 0.05) is 11.9 Å². The Morgan fingerprint density at radius 2 is 2.19 bits per heavy atom. The molecule has 2 heterocycles. The van der Waals surface area contributed by atoms with E-state index in [2.05, 4.69) is 27.2 Å². The summed E-state index contributed by atoms with van der Waals surface area (Å²) in [6.45, 7) is 4.82. The molecule has 0 radical (unpaired) electrons. The number of nitrogens with one attached hydrogen (secondary N) is 1. The van der Waals surface area contributed by atoms with E-state index >= 15 is 0 Å². The lowest BCUT2D eigenvalue weighted by Gasteiger charge is -2.03. The fraction of sp³-hybridized carbons (Fsp3) is 0.357. The van der Waals surface area contributed by atoms with Crippen LogP contribution in [-0.2, 0) is 0 Å². The summed E-state index contributed by atoms with van der Waals surface area (Å²) >= 11 is 1.46. The molecular formula is C14H20N6S. The van der Waals surface area contributed by atoms with Crippen molar-refractivity contribution in [1.82, 2.24) is 9.97 Å². The maximum Gasteiger partial charge on any atom is 0.194 e. The number of hydrogen-bond acceptors (Lipinski definition) is 5. The van der Waals surface area contributed by atoms with Crippen LogP contribution >= 0.6 is 11.3 Å². The summed E-state index contributed by atoms with van der Waals surface area (Å²) in [5, 5.41) is 5.63. The van der Waals surface area contributed by atoms with E-state index in [1.54, 1.807) is 6.07 Å². The van der Waals surface area contributed by atoms with E-state index in [0.717, 1.165) is 36.3 Å². The predicted octanol–water partition coefficient (Wildman–Crippen LogP) is 2.62. The van der Waals surface area contributed by atoms with E-state index in [1.807, 2.05) is 18.4 Å². The maximum absolute atomic E-state index is 5.82.